The van der Waals surface area contributed by atoms with Crippen molar-refractivity contribution in [1.29, 1.82) is 0 Å². The Bertz CT molecular complexity index is 423. The Kier molecular flexibility index (Phi) is 8.64. The highest BCUT2D eigenvalue weighted by molar-refractivity contribution is 7.97. The molecule has 1 fully saturated rings. The van der Waals surface area contributed by atoms with Crippen molar-refractivity contribution in [2.75, 3.05) is 23.0 Å². The minimum absolute atomic E-state index is 0.0457. The van der Waals surface area contributed by atoms with E-state index in [1.165, 1.54) is 0 Å². The van der Waals surface area contributed by atoms with Crippen LogP contribution in [0.1, 0.15) is 52.4 Å². The summed E-state index contributed by atoms with van der Waals surface area (Å²) in [5.41, 5.74) is 0. The Balaban J connectivity index is 2.65. The lowest BCUT2D eigenvalue weighted by Crippen LogP contribution is -2.34. The number of rotatable bonds is 10. The standard InChI is InChI=1S/C14H28O4S3/c1-3-5-7-9-19(15)13-11-21(17,18)12-14(13)20(16)10-8-6-4-2/h13-14H,3-12H2,1-2H3/t13-,14+,19-,20+. The molecule has 0 amide bonds. The number of hydrogen-bond donors (Lipinski definition) is 0. The third-order valence-corrected chi connectivity index (χ3v) is 9.88. The predicted molar refractivity (Wildman–Crippen MR) is 91.3 cm³/mol. The predicted octanol–water partition coefficient (Wildman–Crippen LogP) is 2.03. The van der Waals surface area contributed by atoms with Gasteiger partial charge in [0.25, 0.3) is 0 Å². The molecule has 1 aliphatic heterocycles. The Labute approximate surface area is 134 Å². The van der Waals surface area contributed by atoms with Gasteiger partial charge in [-0.25, -0.2) is 8.42 Å². The molecule has 0 unspecified atom stereocenters. The van der Waals surface area contributed by atoms with Crippen LogP contribution in [0.5, 0.6) is 0 Å². The van der Waals surface area contributed by atoms with Crippen LogP contribution in [0.25, 0.3) is 0 Å². The van der Waals surface area contributed by atoms with Gasteiger partial charge in [-0.15, -0.1) is 0 Å². The summed E-state index contributed by atoms with van der Waals surface area (Å²) in [5, 5.41) is -0.844. The van der Waals surface area contributed by atoms with Crippen molar-refractivity contribution < 1.29 is 16.8 Å². The highest BCUT2D eigenvalue weighted by Gasteiger charge is 2.43. The van der Waals surface area contributed by atoms with Crippen molar-refractivity contribution in [2.24, 2.45) is 0 Å². The molecule has 4 atom stereocenters. The molecular weight excluding hydrogens is 328 g/mol. The molecule has 0 aromatic heterocycles. The van der Waals surface area contributed by atoms with Crippen LogP contribution in [0, 0.1) is 0 Å². The van der Waals surface area contributed by atoms with Crippen LogP contribution >= 0.6 is 0 Å². The first-order valence-electron chi connectivity index (χ1n) is 7.86. The van der Waals surface area contributed by atoms with Gasteiger partial charge in [-0.1, -0.05) is 39.5 Å². The molecule has 1 aliphatic rings. The molecule has 0 saturated carbocycles. The van der Waals surface area contributed by atoms with Crippen LogP contribution in [0.15, 0.2) is 0 Å². The molecule has 0 aromatic rings. The van der Waals surface area contributed by atoms with Gasteiger partial charge < -0.3 is 0 Å². The number of unbranched alkanes of at least 4 members (excludes halogenated alkanes) is 4. The largest absolute Gasteiger partial charge is 0.259 e. The maximum atomic E-state index is 12.4. The molecule has 7 heteroatoms. The van der Waals surface area contributed by atoms with Crippen LogP contribution < -0.4 is 0 Å². The second-order valence-corrected chi connectivity index (χ2v) is 11.4. The fraction of sp³-hybridized carbons (Fsp3) is 1.00. The van der Waals surface area contributed by atoms with E-state index in [1.807, 2.05) is 0 Å². The quantitative estimate of drug-likeness (QED) is 0.562. The zero-order chi connectivity index (χ0) is 15.9. The van der Waals surface area contributed by atoms with E-state index < -0.39 is 41.9 Å². The van der Waals surface area contributed by atoms with E-state index in [9.17, 15) is 16.8 Å². The zero-order valence-electron chi connectivity index (χ0n) is 13.1. The molecule has 1 rings (SSSR count). The van der Waals surface area contributed by atoms with Gasteiger partial charge in [-0.05, 0) is 12.8 Å². The molecule has 21 heavy (non-hydrogen) atoms. The van der Waals surface area contributed by atoms with E-state index in [-0.39, 0.29) is 11.5 Å². The van der Waals surface area contributed by atoms with Crippen molar-refractivity contribution >= 4 is 31.4 Å². The van der Waals surface area contributed by atoms with Crippen LogP contribution in [-0.2, 0) is 31.4 Å². The summed E-state index contributed by atoms with van der Waals surface area (Å²) >= 11 is 0. The lowest BCUT2D eigenvalue weighted by Gasteiger charge is -2.17. The van der Waals surface area contributed by atoms with Gasteiger partial charge in [0.05, 0.1) is 22.0 Å². The molecule has 0 N–H and O–H groups in total. The number of sulfone groups is 1. The summed E-state index contributed by atoms with van der Waals surface area (Å²) < 4.78 is 48.4. The summed E-state index contributed by atoms with van der Waals surface area (Å²) in [4.78, 5) is 0. The minimum Gasteiger partial charge on any atom is -0.259 e. The van der Waals surface area contributed by atoms with Crippen LogP contribution in [0.3, 0.4) is 0 Å². The fourth-order valence-electron chi connectivity index (χ4n) is 2.56. The van der Waals surface area contributed by atoms with Crippen molar-refractivity contribution in [1.82, 2.24) is 0 Å². The normalized spacial score (nSPS) is 27.5. The first-order valence-corrected chi connectivity index (χ1v) is 12.4. The van der Waals surface area contributed by atoms with Crippen molar-refractivity contribution in [2.45, 2.75) is 62.9 Å². The highest BCUT2D eigenvalue weighted by atomic mass is 32.2. The second kappa shape index (κ2) is 9.40. The zero-order valence-corrected chi connectivity index (χ0v) is 15.5. The maximum absolute atomic E-state index is 12.4. The van der Waals surface area contributed by atoms with Gasteiger partial charge >= 0.3 is 0 Å². The molecular formula is C14H28O4S3. The third kappa shape index (κ3) is 6.48. The number of hydrogen-bond acceptors (Lipinski definition) is 4. The van der Waals surface area contributed by atoms with Crippen molar-refractivity contribution in [3.05, 3.63) is 0 Å². The fourth-order valence-corrected chi connectivity index (χ4v) is 10.1. The molecule has 0 aliphatic carbocycles. The van der Waals surface area contributed by atoms with E-state index in [0.29, 0.717) is 11.5 Å². The van der Waals surface area contributed by atoms with Crippen LogP contribution in [0.2, 0.25) is 0 Å². The SMILES string of the molecule is CCCCC[S@@](=O)[C@@H]1CS(=O)(=O)C[C@@H]1[S@@](=O)CCCCC. The lowest BCUT2D eigenvalue weighted by molar-refractivity contribution is 0.602. The van der Waals surface area contributed by atoms with Crippen molar-refractivity contribution in [3.63, 3.8) is 0 Å². The van der Waals surface area contributed by atoms with Crippen LogP contribution in [-0.4, -0.2) is 50.3 Å². The average Bonchev–Trinajstić information content (AvgIpc) is 2.75. The van der Waals surface area contributed by atoms with Gasteiger partial charge in [0, 0.05) is 33.1 Å². The smallest absolute Gasteiger partial charge is 0.152 e. The summed E-state index contributed by atoms with van der Waals surface area (Å²) in [6.45, 7) is 4.16. The van der Waals surface area contributed by atoms with E-state index in [4.69, 9.17) is 0 Å². The van der Waals surface area contributed by atoms with E-state index in [1.54, 1.807) is 0 Å². The topological polar surface area (TPSA) is 68.3 Å². The average molecular weight is 357 g/mol. The third-order valence-electron chi connectivity index (χ3n) is 3.82. The van der Waals surface area contributed by atoms with E-state index >= 15 is 0 Å². The Morgan fingerprint density at radius 3 is 1.52 bits per heavy atom. The minimum atomic E-state index is -3.18. The van der Waals surface area contributed by atoms with Crippen LogP contribution in [0.4, 0.5) is 0 Å². The van der Waals surface area contributed by atoms with Gasteiger partial charge in [-0.3, -0.25) is 8.42 Å². The monoisotopic (exact) mass is 356 g/mol. The summed E-state index contributed by atoms with van der Waals surface area (Å²) in [6.07, 6.45) is 5.83. The Hall–Kier alpha value is 0.250. The molecule has 0 spiro atoms. The maximum Gasteiger partial charge on any atom is 0.152 e. The Morgan fingerprint density at radius 2 is 1.19 bits per heavy atom. The molecule has 4 nitrogen and oxygen atoms in total. The van der Waals surface area contributed by atoms with Crippen molar-refractivity contribution in [3.8, 4) is 0 Å². The second-order valence-electron chi connectivity index (χ2n) is 5.74. The first kappa shape index (κ1) is 19.3. The molecule has 1 heterocycles. The summed E-state index contributed by atoms with van der Waals surface area (Å²) in [6, 6.07) is 0. The summed E-state index contributed by atoms with van der Waals surface area (Å²) in [5.74, 6) is 0.985. The molecule has 1 saturated heterocycles. The first-order chi connectivity index (χ1) is 9.91. The molecule has 126 valence electrons. The van der Waals surface area contributed by atoms with Gasteiger partial charge in [-0.2, -0.15) is 0 Å². The van der Waals surface area contributed by atoms with Gasteiger partial charge in [0.2, 0.25) is 0 Å². The van der Waals surface area contributed by atoms with Gasteiger partial charge in [0.15, 0.2) is 9.84 Å². The Morgan fingerprint density at radius 1 is 0.810 bits per heavy atom. The van der Waals surface area contributed by atoms with E-state index in [0.717, 1.165) is 38.5 Å². The molecule has 0 radical (unpaired) electrons. The molecule has 0 aromatic carbocycles. The summed E-state index contributed by atoms with van der Waals surface area (Å²) in [7, 11) is -5.53. The van der Waals surface area contributed by atoms with Gasteiger partial charge in [0.1, 0.15) is 0 Å². The highest BCUT2D eigenvalue weighted by Crippen LogP contribution is 2.24. The van der Waals surface area contributed by atoms with E-state index in [2.05, 4.69) is 13.8 Å². The lowest BCUT2D eigenvalue weighted by atomic mass is 10.3. The molecule has 0 bridgehead atoms.